The van der Waals surface area contributed by atoms with Crippen LogP contribution in [0.25, 0.3) is 0 Å². The van der Waals surface area contributed by atoms with E-state index in [2.05, 4.69) is 0 Å². The molecule has 10 atom stereocenters. The van der Waals surface area contributed by atoms with E-state index in [4.69, 9.17) is 47.4 Å². The van der Waals surface area contributed by atoms with Crippen molar-refractivity contribution in [2.24, 2.45) is 0 Å². The molecule has 2 heterocycles. The van der Waals surface area contributed by atoms with Crippen LogP contribution in [0.5, 0.6) is 0 Å². The molecule has 0 bridgehead atoms. The average Bonchev–Trinajstić information content (AvgIpc) is 2.87. The molecule has 248 valence electrons. The van der Waals surface area contributed by atoms with Gasteiger partial charge in [0, 0.05) is 48.5 Å². The van der Waals surface area contributed by atoms with E-state index in [9.17, 15) is 38.7 Å². The first-order chi connectivity index (χ1) is 20.5. The van der Waals surface area contributed by atoms with Crippen LogP contribution in [0, 0.1) is 0 Å². The number of hydrogen-bond donors (Lipinski definition) is 1. The Hall–Kier alpha value is -3.87. The summed E-state index contributed by atoms with van der Waals surface area (Å²) >= 11 is 0. The maximum atomic E-state index is 12.1. The Balaban J connectivity index is 2.59. The molecule has 0 radical (unpaired) electrons. The quantitative estimate of drug-likeness (QED) is 0.203. The van der Waals surface area contributed by atoms with E-state index in [0.717, 1.165) is 48.5 Å². The van der Waals surface area contributed by atoms with Crippen molar-refractivity contribution < 1.29 is 86.0 Å². The summed E-state index contributed by atoms with van der Waals surface area (Å²) in [5.74, 6) is -5.97. The molecule has 0 aliphatic carbocycles. The Bertz CT molecular complexity index is 1090. The van der Waals surface area contributed by atoms with Gasteiger partial charge in [-0.1, -0.05) is 0 Å². The fourth-order valence-corrected chi connectivity index (χ4v) is 4.49. The average molecular weight is 637 g/mol. The molecule has 0 unspecified atom stereocenters. The van der Waals surface area contributed by atoms with Gasteiger partial charge in [0.05, 0.1) is 0 Å². The molecule has 1 N–H and O–H groups in total. The van der Waals surface area contributed by atoms with E-state index in [-0.39, 0.29) is 0 Å². The smallest absolute Gasteiger partial charge is 0.303 e. The normalized spacial score (nSPS) is 31.5. The number of carbonyl (C=O) groups is 7. The van der Waals surface area contributed by atoms with Crippen LogP contribution in [0.1, 0.15) is 48.5 Å². The molecule has 0 saturated carbocycles. The minimum Gasteiger partial charge on any atom is -0.463 e. The van der Waals surface area contributed by atoms with Gasteiger partial charge < -0.3 is 52.5 Å². The molecule has 2 aliphatic heterocycles. The van der Waals surface area contributed by atoms with Gasteiger partial charge in [0.25, 0.3) is 0 Å². The topological polar surface area (TPSA) is 232 Å². The molecule has 2 aliphatic rings. The molecular formula is C26H36O18. The molecule has 18 heteroatoms. The summed E-state index contributed by atoms with van der Waals surface area (Å²) in [5, 5.41) is 11.0. The van der Waals surface area contributed by atoms with E-state index in [1.807, 2.05) is 0 Å². The molecule has 0 aromatic rings. The van der Waals surface area contributed by atoms with Crippen LogP contribution in [-0.4, -0.2) is 122 Å². The summed E-state index contributed by atoms with van der Waals surface area (Å²) in [4.78, 5) is 83.3. The second-order valence-electron chi connectivity index (χ2n) is 9.68. The number of rotatable bonds is 11. The number of ether oxygens (including phenoxy) is 10. The van der Waals surface area contributed by atoms with Gasteiger partial charge in [0.1, 0.15) is 25.4 Å². The van der Waals surface area contributed by atoms with Crippen LogP contribution in [0.15, 0.2) is 0 Å². The van der Waals surface area contributed by atoms with Gasteiger partial charge >= 0.3 is 41.8 Å². The van der Waals surface area contributed by atoms with Gasteiger partial charge in [-0.2, -0.15) is 0 Å². The molecule has 0 spiro atoms. The lowest BCUT2D eigenvalue weighted by molar-refractivity contribution is -0.363. The Morgan fingerprint density at radius 2 is 0.818 bits per heavy atom. The van der Waals surface area contributed by atoms with Gasteiger partial charge in [-0.15, -0.1) is 0 Å². The third kappa shape index (κ3) is 10.7. The minimum absolute atomic E-state index is 0.534. The van der Waals surface area contributed by atoms with Crippen molar-refractivity contribution in [2.45, 2.75) is 110 Å². The van der Waals surface area contributed by atoms with Crippen LogP contribution in [0.4, 0.5) is 0 Å². The van der Waals surface area contributed by atoms with Crippen molar-refractivity contribution >= 4 is 41.8 Å². The van der Waals surface area contributed by atoms with E-state index in [0.29, 0.717) is 0 Å². The first-order valence-corrected chi connectivity index (χ1v) is 13.3. The second-order valence-corrected chi connectivity index (χ2v) is 9.68. The van der Waals surface area contributed by atoms with Crippen LogP contribution in [-0.2, 0) is 80.9 Å². The summed E-state index contributed by atoms with van der Waals surface area (Å²) < 4.78 is 53.9. The molecule has 0 amide bonds. The number of aliphatic hydroxyl groups excluding tert-OH is 1. The molecule has 2 rings (SSSR count). The highest BCUT2D eigenvalue weighted by Gasteiger charge is 2.57. The predicted molar refractivity (Wildman–Crippen MR) is 135 cm³/mol. The van der Waals surface area contributed by atoms with Gasteiger partial charge in [-0.05, 0) is 0 Å². The lowest BCUT2D eigenvalue weighted by Gasteiger charge is -2.47. The van der Waals surface area contributed by atoms with Crippen LogP contribution in [0.2, 0.25) is 0 Å². The first kappa shape index (κ1) is 36.3. The van der Waals surface area contributed by atoms with Crippen molar-refractivity contribution in [2.75, 3.05) is 13.2 Å². The van der Waals surface area contributed by atoms with E-state index >= 15 is 0 Å². The van der Waals surface area contributed by atoms with Crippen molar-refractivity contribution in [1.82, 2.24) is 0 Å². The predicted octanol–water partition coefficient (Wildman–Crippen LogP) is -1.40. The van der Waals surface area contributed by atoms with Crippen LogP contribution >= 0.6 is 0 Å². The van der Waals surface area contributed by atoms with Gasteiger partial charge in [-0.25, -0.2) is 0 Å². The molecule has 0 aromatic carbocycles. The first-order valence-electron chi connectivity index (χ1n) is 13.3. The zero-order valence-corrected chi connectivity index (χ0v) is 25.1. The van der Waals surface area contributed by atoms with E-state index in [1.54, 1.807) is 0 Å². The summed E-state index contributed by atoms with van der Waals surface area (Å²) in [6.07, 6.45) is -16.3. The molecule has 18 nitrogen and oxygen atoms in total. The second kappa shape index (κ2) is 16.3. The molecule has 44 heavy (non-hydrogen) atoms. The Labute approximate surface area is 251 Å². The highest BCUT2D eigenvalue weighted by Crippen LogP contribution is 2.34. The highest BCUT2D eigenvalue weighted by molar-refractivity contribution is 5.69. The third-order valence-corrected chi connectivity index (χ3v) is 5.90. The number of aliphatic hydroxyl groups is 1. The maximum absolute atomic E-state index is 12.1. The molecular weight excluding hydrogens is 600 g/mol. The number of hydrogen-bond acceptors (Lipinski definition) is 18. The Kier molecular flexibility index (Phi) is 13.4. The SMILES string of the molecule is CC(=O)OC[C@H]1O[C@H](O[C@H]2[C@@H](OC(C)=O)[C@H](OC(C)=O)[C@@H](COC(C)=O)O[C@H]2O)[C@@H](OC(C)=O)[C@@H](OC(C)=O)[C@@H]1OC(C)=O. The maximum Gasteiger partial charge on any atom is 0.303 e. The largest absolute Gasteiger partial charge is 0.463 e. The zero-order chi connectivity index (χ0) is 33.3. The van der Waals surface area contributed by atoms with Crippen molar-refractivity contribution in [3.05, 3.63) is 0 Å². The van der Waals surface area contributed by atoms with Crippen molar-refractivity contribution in [3.63, 3.8) is 0 Å². The fraction of sp³-hybridized carbons (Fsp3) is 0.731. The Morgan fingerprint density at radius 3 is 1.20 bits per heavy atom. The molecule has 2 saturated heterocycles. The zero-order valence-electron chi connectivity index (χ0n) is 25.1. The van der Waals surface area contributed by atoms with E-state index < -0.39 is 116 Å². The minimum atomic E-state index is -1.99. The standard InChI is InChI=1S/C26H36O18/c1-10(27)35-8-17-19(37-12(3)29)21(39-14(5)31)23(25(34)42-17)44-26-24(41-16(7)33)22(40-15(6)32)20(38-13(4)30)18(43-26)9-36-11(2)28/h17-26,34H,8-9H2,1-7H3/t17-,18-,19-,20-,21+,22+,23+,24+,25-,26-/m1/s1. The Morgan fingerprint density at radius 1 is 0.477 bits per heavy atom. The summed E-state index contributed by atoms with van der Waals surface area (Å²) in [5.41, 5.74) is 0. The van der Waals surface area contributed by atoms with Crippen LogP contribution in [0.3, 0.4) is 0 Å². The number of esters is 7. The van der Waals surface area contributed by atoms with E-state index in [1.165, 1.54) is 0 Å². The summed E-state index contributed by atoms with van der Waals surface area (Å²) in [6, 6.07) is 0. The van der Waals surface area contributed by atoms with Gasteiger partial charge in [0.2, 0.25) is 0 Å². The number of carbonyl (C=O) groups excluding carboxylic acids is 7. The monoisotopic (exact) mass is 636 g/mol. The highest BCUT2D eigenvalue weighted by atomic mass is 16.8. The molecule has 2 fully saturated rings. The third-order valence-electron chi connectivity index (χ3n) is 5.90. The van der Waals surface area contributed by atoms with Crippen molar-refractivity contribution in [3.8, 4) is 0 Å². The van der Waals surface area contributed by atoms with Gasteiger partial charge in [0.15, 0.2) is 49.2 Å². The summed E-state index contributed by atoms with van der Waals surface area (Å²) in [6.45, 7) is 6.19. The van der Waals surface area contributed by atoms with Crippen LogP contribution < -0.4 is 0 Å². The fourth-order valence-electron chi connectivity index (χ4n) is 4.49. The lowest BCUT2D eigenvalue weighted by atomic mass is 9.96. The lowest BCUT2D eigenvalue weighted by Crippen LogP contribution is -2.67. The summed E-state index contributed by atoms with van der Waals surface area (Å²) in [7, 11) is 0. The molecule has 0 aromatic heterocycles. The van der Waals surface area contributed by atoms with Crippen molar-refractivity contribution in [1.29, 1.82) is 0 Å². The van der Waals surface area contributed by atoms with Gasteiger partial charge in [-0.3, -0.25) is 33.6 Å².